The maximum Gasteiger partial charge on any atom is 0.110 e. The van der Waals surface area contributed by atoms with Crippen molar-refractivity contribution < 1.29 is 0 Å². The number of nitrogens with one attached hydrogen (secondary N) is 1. The second kappa shape index (κ2) is 7.12. The fraction of sp³-hybridized carbons (Fsp3) is 0.786. The van der Waals surface area contributed by atoms with Gasteiger partial charge in [-0.05, 0) is 25.3 Å². The quantitative estimate of drug-likeness (QED) is 0.870. The van der Waals surface area contributed by atoms with Crippen molar-refractivity contribution in [3.8, 4) is 0 Å². The van der Waals surface area contributed by atoms with E-state index in [2.05, 4.69) is 22.6 Å². The van der Waals surface area contributed by atoms with Gasteiger partial charge in [0.1, 0.15) is 5.01 Å². The smallest absolute Gasteiger partial charge is 0.110 e. The molecule has 1 unspecified atom stereocenters. The van der Waals surface area contributed by atoms with Crippen molar-refractivity contribution in [2.24, 2.45) is 5.92 Å². The lowest BCUT2D eigenvalue weighted by Gasteiger charge is -2.28. The number of hydrogen-bond acceptors (Lipinski definition) is 3. The van der Waals surface area contributed by atoms with Crippen molar-refractivity contribution in [1.29, 1.82) is 0 Å². The highest BCUT2D eigenvalue weighted by Crippen LogP contribution is 2.33. The predicted molar refractivity (Wildman–Crippen MR) is 74.3 cm³/mol. The lowest BCUT2D eigenvalue weighted by Crippen LogP contribution is -2.28. The summed E-state index contributed by atoms with van der Waals surface area (Å²) >= 11 is 1.80. The molecular formula is C14H24N2S. The largest absolute Gasteiger partial charge is 0.308 e. The Bertz CT molecular complexity index is 289. The molecule has 2 nitrogen and oxygen atoms in total. The van der Waals surface area contributed by atoms with Crippen molar-refractivity contribution in [2.45, 2.75) is 57.9 Å². The van der Waals surface area contributed by atoms with Gasteiger partial charge in [-0.15, -0.1) is 11.3 Å². The molecule has 0 radical (unpaired) electrons. The Morgan fingerprint density at radius 1 is 1.29 bits per heavy atom. The molecule has 1 saturated carbocycles. The Labute approximate surface area is 109 Å². The molecule has 1 heterocycles. The summed E-state index contributed by atoms with van der Waals surface area (Å²) in [7, 11) is 0. The van der Waals surface area contributed by atoms with Gasteiger partial charge in [-0.2, -0.15) is 0 Å². The van der Waals surface area contributed by atoms with Crippen LogP contribution in [0, 0.1) is 5.92 Å². The standard InChI is InChI=1S/C14H24N2S/c1-2-15-13(14-16-10-11-17-14)12-8-6-4-3-5-7-9-12/h10-13,15H,2-9H2,1H3. The second-order valence-electron chi connectivity index (χ2n) is 5.01. The van der Waals surface area contributed by atoms with Crippen LogP contribution >= 0.6 is 11.3 Å². The minimum absolute atomic E-state index is 0.498. The molecule has 0 aliphatic heterocycles. The minimum Gasteiger partial charge on any atom is -0.308 e. The first kappa shape index (κ1) is 13.0. The summed E-state index contributed by atoms with van der Waals surface area (Å²) in [4.78, 5) is 4.52. The predicted octanol–water partition coefficient (Wildman–Crippen LogP) is 4.15. The lowest BCUT2D eigenvalue weighted by atomic mass is 9.86. The SMILES string of the molecule is CCNC(c1nccs1)C1CCCCCCC1. The molecule has 2 rings (SSSR count). The van der Waals surface area contributed by atoms with E-state index in [1.54, 1.807) is 11.3 Å². The topological polar surface area (TPSA) is 24.9 Å². The van der Waals surface area contributed by atoms with Crippen LogP contribution in [-0.2, 0) is 0 Å². The maximum atomic E-state index is 4.52. The zero-order chi connectivity index (χ0) is 11.9. The van der Waals surface area contributed by atoms with Gasteiger partial charge in [-0.1, -0.05) is 39.0 Å². The molecule has 0 spiro atoms. The normalized spacial score (nSPS) is 20.8. The zero-order valence-electron chi connectivity index (χ0n) is 10.8. The summed E-state index contributed by atoms with van der Waals surface area (Å²) in [6.07, 6.45) is 11.8. The molecular weight excluding hydrogens is 228 g/mol. The van der Waals surface area contributed by atoms with Crippen LogP contribution in [0.3, 0.4) is 0 Å². The first-order valence-corrected chi connectivity index (χ1v) is 7.92. The van der Waals surface area contributed by atoms with Crippen molar-refractivity contribution in [1.82, 2.24) is 10.3 Å². The van der Waals surface area contributed by atoms with Crippen LogP contribution in [0.25, 0.3) is 0 Å². The van der Waals surface area contributed by atoms with E-state index in [4.69, 9.17) is 0 Å². The van der Waals surface area contributed by atoms with Gasteiger partial charge < -0.3 is 5.32 Å². The summed E-state index contributed by atoms with van der Waals surface area (Å²) in [6.45, 7) is 3.24. The first-order valence-electron chi connectivity index (χ1n) is 7.04. The van der Waals surface area contributed by atoms with Crippen LogP contribution in [0.5, 0.6) is 0 Å². The highest BCUT2D eigenvalue weighted by Gasteiger charge is 2.24. The third-order valence-corrected chi connectivity index (χ3v) is 4.62. The molecule has 3 heteroatoms. The number of rotatable bonds is 4. The molecule has 1 atom stereocenters. The van der Waals surface area contributed by atoms with E-state index in [9.17, 15) is 0 Å². The van der Waals surface area contributed by atoms with Crippen LogP contribution in [-0.4, -0.2) is 11.5 Å². The van der Waals surface area contributed by atoms with E-state index < -0.39 is 0 Å². The van der Waals surface area contributed by atoms with Gasteiger partial charge >= 0.3 is 0 Å². The van der Waals surface area contributed by atoms with E-state index in [1.807, 2.05) is 6.20 Å². The van der Waals surface area contributed by atoms with E-state index >= 15 is 0 Å². The third kappa shape index (κ3) is 3.78. The highest BCUT2D eigenvalue weighted by molar-refractivity contribution is 7.09. The van der Waals surface area contributed by atoms with E-state index in [-0.39, 0.29) is 0 Å². The van der Waals surface area contributed by atoms with E-state index in [0.29, 0.717) is 6.04 Å². The van der Waals surface area contributed by atoms with E-state index in [1.165, 1.54) is 50.0 Å². The van der Waals surface area contributed by atoms with Crippen molar-refractivity contribution in [2.75, 3.05) is 6.54 Å². The average Bonchev–Trinajstić information content (AvgIpc) is 2.79. The molecule has 0 saturated heterocycles. The molecule has 1 fully saturated rings. The van der Waals surface area contributed by atoms with Crippen molar-refractivity contribution >= 4 is 11.3 Å². The van der Waals surface area contributed by atoms with Crippen LogP contribution in [0.4, 0.5) is 0 Å². The average molecular weight is 252 g/mol. The third-order valence-electron chi connectivity index (χ3n) is 3.76. The van der Waals surface area contributed by atoms with Gasteiger partial charge in [0.25, 0.3) is 0 Å². The molecule has 96 valence electrons. The van der Waals surface area contributed by atoms with Crippen LogP contribution < -0.4 is 5.32 Å². The van der Waals surface area contributed by atoms with Crippen LogP contribution in [0.1, 0.15) is 62.9 Å². The fourth-order valence-corrected chi connectivity index (χ4v) is 3.69. The Morgan fingerprint density at radius 2 is 2.00 bits per heavy atom. The minimum atomic E-state index is 0.498. The number of hydrogen-bond donors (Lipinski definition) is 1. The number of aromatic nitrogens is 1. The van der Waals surface area contributed by atoms with Crippen LogP contribution in [0.15, 0.2) is 11.6 Å². The zero-order valence-corrected chi connectivity index (χ0v) is 11.6. The van der Waals surface area contributed by atoms with Crippen molar-refractivity contribution in [3.05, 3.63) is 16.6 Å². The summed E-state index contributed by atoms with van der Waals surface area (Å²) in [5.41, 5.74) is 0. The van der Waals surface area contributed by atoms with Gasteiger partial charge in [-0.25, -0.2) is 4.98 Å². The van der Waals surface area contributed by atoms with Gasteiger partial charge in [0, 0.05) is 11.6 Å². The highest BCUT2D eigenvalue weighted by atomic mass is 32.1. The number of thiazole rings is 1. The Hall–Kier alpha value is -0.410. The maximum absolute atomic E-state index is 4.52. The molecule has 1 aliphatic rings. The monoisotopic (exact) mass is 252 g/mol. The Morgan fingerprint density at radius 3 is 2.59 bits per heavy atom. The molecule has 0 amide bonds. The first-order chi connectivity index (χ1) is 8.42. The van der Waals surface area contributed by atoms with E-state index in [0.717, 1.165) is 12.5 Å². The van der Waals surface area contributed by atoms with Crippen molar-refractivity contribution in [3.63, 3.8) is 0 Å². The molecule has 0 aromatic carbocycles. The van der Waals surface area contributed by atoms with Gasteiger partial charge in [0.2, 0.25) is 0 Å². The van der Waals surface area contributed by atoms with Crippen LogP contribution in [0.2, 0.25) is 0 Å². The molecule has 1 N–H and O–H groups in total. The fourth-order valence-electron chi connectivity index (χ4n) is 2.88. The molecule has 0 bridgehead atoms. The van der Waals surface area contributed by atoms with Gasteiger partial charge in [0.05, 0.1) is 6.04 Å². The molecule has 1 aromatic rings. The summed E-state index contributed by atoms with van der Waals surface area (Å²) in [6, 6.07) is 0.498. The molecule has 1 aromatic heterocycles. The molecule has 17 heavy (non-hydrogen) atoms. The number of nitrogens with zero attached hydrogens (tertiary/aromatic N) is 1. The summed E-state index contributed by atoms with van der Waals surface area (Å²) in [5.74, 6) is 0.793. The summed E-state index contributed by atoms with van der Waals surface area (Å²) < 4.78 is 0. The lowest BCUT2D eigenvalue weighted by molar-refractivity contribution is 0.291. The van der Waals surface area contributed by atoms with Gasteiger partial charge in [-0.3, -0.25) is 0 Å². The molecule has 1 aliphatic carbocycles. The second-order valence-corrected chi connectivity index (χ2v) is 5.94. The van der Waals surface area contributed by atoms with Gasteiger partial charge in [0.15, 0.2) is 0 Å². The summed E-state index contributed by atoms with van der Waals surface area (Å²) in [5, 5.41) is 7.04. The Kier molecular flexibility index (Phi) is 5.46. The Balaban J connectivity index is 2.02.